The van der Waals surface area contributed by atoms with Gasteiger partial charge in [0.25, 0.3) is 0 Å². The smallest absolute Gasteiger partial charge is 0.220 e. The second kappa shape index (κ2) is 43.6. The number of carbonyl (C=O) groups excluding carboxylic acids is 1. The molecule has 53 heavy (non-hydrogen) atoms. The highest BCUT2D eigenvalue weighted by Crippen LogP contribution is 2.17. The Morgan fingerprint density at radius 1 is 0.453 bits per heavy atom. The molecule has 0 bridgehead atoms. The summed E-state index contributed by atoms with van der Waals surface area (Å²) in [5, 5.41) is 33.4. The van der Waals surface area contributed by atoms with E-state index in [1.807, 2.05) is 0 Å². The minimum Gasteiger partial charge on any atom is -0.394 e. The second-order valence-electron chi connectivity index (χ2n) is 16.3. The normalized spacial score (nSPS) is 13.7. The molecule has 0 saturated carbocycles. The van der Waals surface area contributed by atoms with Gasteiger partial charge in [0.1, 0.15) is 6.10 Å². The highest BCUT2D eigenvalue weighted by molar-refractivity contribution is 5.76. The minimum atomic E-state index is -1.16. The van der Waals surface area contributed by atoms with E-state index >= 15 is 0 Å². The number of aliphatic hydroxyl groups is 3. The van der Waals surface area contributed by atoms with Crippen LogP contribution in [0.1, 0.15) is 251 Å². The lowest BCUT2D eigenvalue weighted by atomic mass is 10.0. The summed E-state index contributed by atoms with van der Waals surface area (Å²) in [7, 11) is 0. The van der Waals surface area contributed by atoms with Gasteiger partial charge in [-0.1, -0.05) is 224 Å². The van der Waals surface area contributed by atoms with Crippen LogP contribution in [-0.2, 0) is 4.79 Å². The Hall–Kier alpha value is -1.17. The van der Waals surface area contributed by atoms with Crippen LogP contribution in [0.4, 0.5) is 0 Å². The summed E-state index contributed by atoms with van der Waals surface area (Å²) in [5.41, 5.74) is 0. The van der Waals surface area contributed by atoms with Crippen LogP contribution in [0.25, 0.3) is 0 Å². The Morgan fingerprint density at radius 3 is 1.13 bits per heavy atom. The molecule has 5 heteroatoms. The van der Waals surface area contributed by atoms with Gasteiger partial charge in [0.2, 0.25) is 5.91 Å². The maximum absolute atomic E-state index is 12.4. The Balaban J connectivity index is 3.50. The lowest BCUT2D eigenvalue weighted by molar-refractivity contribution is -0.124. The fourth-order valence-electron chi connectivity index (χ4n) is 7.34. The molecule has 0 aromatic heterocycles. The first-order chi connectivity index (χ1) is 26.1. The number of nitrogens with one attached hydrogen (secondary N) is 1. The third-order valence-electron chi connectivity index (χ3n) is 11.0. The van der Waals surface area contributed by atoms with E-state index in [0.717, 1.165) is 51.4 Å². The van der Waals surface area contributed by atoms with E-state index in [2.05, 4.69) is 43.5 Å². The Labute approximate surface area is 331 Å². The van der Waals surface area contributed by atoms with Crippen molar-refractivity contribution in [2.24, 2.45) is 0 Å². The van der Waals surface area contributed by atoms with Gasteiger partial charge >= 0.3 is 0 Å². The average Bonchev–Trinajstić information content (AvgIpc) is 3.16. The zero-order chi connectivity index (χ0) is 38.7. The summed E-state index contributed by atoms with van der Waals surface area (Å²) in [6.07, 6.45) is 53.2. The van der Waals surface area contributed by atoms with Crippen molar-refractivity contribution in [1.82, 2.24) is 5.32 Å². The molecule has 0 aromatic carbocycles. The van der Waals surface area contributed by atoms with Gasteiger partial charge in [0.15, 0.2) is 0 Å². The molecule has 0 spiro atoms. The minimum absolute atomic E-state index is 0.156. The van der Waals surface area contributed by atoms with Crippen molar-refractivity contribution >= 4 is 5.91 Å². The van der Waals surface area contributed by atoms with Crippen molar-refractivity contribution in [3.05, 3.63) is 24.3 Å². The summed E-state index contributed by atoms with van der Waals surface area (Å²) in [5.74, 6) is -0.156. The predicted octanol–water partition coefficient (Wildman–Crippen LogP) is 13.8. The summed E-state index contributed by atoms with van der Waals surface area (Å²) < 4.78 is 0. The summed E-state index contributed by atoms with van der Waals surface area (Å²) in [6.45, 7) is 4.12. The number of allylic oxidation sites excluding steroid dienone is 4. The van der Waals surface area contributed by atoms with Crippen molar-refractivity contribution in [1.29, 1.82) is 0 Å². The monoisotopic (exact) mass is 748 g/mol. The van der Waals surface area contributed by atoms with Crippen LogP contribution in [0.2, 0.25) is 0 Å². The van der Waals surface area contributed by atoms with Gasteiger partial charge in [0.05, 0.1) is 18.8 Å². The second-order valence-corrected chi connectivity index (χ2v) is 16.3. The fraction of sp³-hybridized carbons (Fsp3) is 0.896. The standard InChI is InChI=1S/C48H93NO4/c1-3-5-7-9-11-13-15-16-17-18-19-20-21-22-23-24-25-26-27-28-29-30-31-33-35-37-39-41-43-47(52)49-45(44-50)48(53)46(51)42-40-38-36-34-32-14-12-10-8-6-4-2/h10,12,34,36,45-46,48,50-51,53H,3-9,11,13-33,35,37-44H2,1-2H3,(H,49,52)/b12-10+,36-34+. The number of hydrogen-bond acceptors (Lipinski definition) is 4. The third kappa shape index (κ3) is 38.9. The van der Waals surface area contributed by atoms with E-state index in [1.54, 1.807) is 0 Å². The van der Waals surface area contributed by atoms with E-state index in [0.29, 0.717) is 12.8 Å². The molecular formula is C48H93NO4. The van der Waals surface area contributed by atoms with Crippen molar-refractivity contribution in [3.63, 3.8) is 0 Å². The van der Waals surface area contributed by atoms with Gasteiger partial charge in [0, 0.05) is 6.42 Å². The fourth-order valence-corrected chi connectivity index (χ4v) is 7.34. The van der Waals surface area contributed by atoms with E-state index in [4.69, 9.17) is 0 Å². The number of unbranched alkanes of at least 4 members (excludes halogenated alkanes) is 31. The molecule has 0 aliphatic carbocycles. The average molecular weight is 748 g/mol. The Kier molecular flexibility index (Phi) is 42.6. The van der Waals surface area contributed by atoms with Crippen molar-refractivity contribution in [2.75, 3.05) is 6.61 Å². The number of aliphatic hydroxyl groups excluding tert-OH is 3. The van der Waals surface area contributed by atoms with Gasteiger partial charge in [-0.15, -0.1) is 0 Å². The van der Waals surface area contributed by atoms with Crippen LogP contribution < -0.4 is 5.32 Å². The predicted molar refractivity (Wildman–Crippen MR) is 231 cm³/mol. The number of amides is 1. The van der Waals surface area contributed by atoms with Crippen molar-refractivity contribution < 1.29 is 20.1 Å². The van der Waals surface area contributed by atoms with Crippen molar-refractivity contribution in [2.45, 2.75) is 270 Å². The molecule has 0 rings (SSSR count). The molecule has 0 fully saturated rings. The van der Waals surface area contributed by atoms with Crippen LogP contribution >= 0.6 is 0 Å². The molecule has 0 saturated heterocycles. The lowest BCUT2D eigenvalue weighted by Crippen LogP contribution is -2.50. The number of carbonyl (C=O) groups is 1. The molecule has 5 nitrogen and oxygen atoms in total. The first-order valence-corrected chi connectivity index (χ1v) is 23.6. The maximum Gasteiger partial charge on any atom is 0.220 e. The van der Waals surface area contributed by atoms with Gasteiger partial charge < -0.3 is 20.6 Å². The zero-order valence-corrected chi connectivity index (χ0v) is 35.7. The lowest BCUT2D eigenvalue weighted by Gasteiger charge is -2.26. The number of hydrogen-bond donors (Lipinski definition) is 4. The van der Waals surface area contributed by atoms with E-state index in [1.165, 1.54) is 173 Å². The van der Waals surface area contributed by atoms with Crippen molar-refractivity contribution in [3.8, 4) is 0 Å². The summed E-state index contributed by atoms with van der Waals surface area (Å²) in [6, 6.07) is -0.827. The molecule has 3 unspecified atom stereocenters. The highest BCUT2D eigenvalue weighted by Gasteiger charge is 2.26. The first kappa shape index (κ1) is 51.8. The quantitative estimate of drug-likeness (QED) is 0.0369. The topological polar surface area (TPSA) is 89.8 Å². The van der Waals surface area contributed by atoms with E-state index in [9.17, 15) is 20.1 Å². The first-order valence-electron chi connectivity index (χ1n) is 23.6. The molecule has 3 atom stereocenters. The summed E-state index contributed by atoms with van der Waals surface area (Å²) >= 11 is 0. The Morgan fingerprint density at radius 2 is 0.774 bits per heavy atom. The molecule has 0 aliphatic rings. The van der Waals surface area contributed by atoms with Crippen LogP contribution in [0.3, 0.4) is 0 Å². The van der Waals surface area contributed by atoms with Crippen LogP contribution in [0, 0.1) is 0 Å². The molecule has 0 radical (unpaired) electrons. The SMILES string of the molecule is CCCC/C=C/CC/C=C/CCCC(O)C(O)C(CO)NC(=O)CCCCCCCCCCCCCCCCCCCCCCCCCCCCCC. The van der Waals surface area contributed by atoms with Gasteiger partial charge in [-0.05, 0) is 44.9 Å². The number of rotatable bonds is 43. The zero-order valence-electron chi connectivity index (χ0n) is 35.7. The molecule has 0 aliphatic heterocycles. The van der Waals surface area contributed by atoms with Crippen LogP contribution in [0.5, 0.6) is 0 Å². The maximum atomic E-state index is 12.4. The molecule has 0 heterocycles. The third-order valence-corrected chi connectivity index (χ3v) is 11.0. The highest BCUT2D eigenvalue weighted by atomic mass is 16.3. The Bertz CT molecular complexity index is 784. The molecular weight excluding hydrogens is 655 g/mol. The van der Waals surface area contributed by atoms with Gasteiger partial charge in [-0.2, -0.15) is 0 Å². The molecule has 1 amide bonds. The molecule has 0 aromatic rings. The van der Waals surface area contributed by atoms with Crippen LogP contribution in [0.15, 0.2) is 24.3 Å². The molecule has 4 N–H and O–H groups in total. The van der Waals surface area contributed by atoms with Gasteiger partial charge in [-0.3, -0.25) is 4.79 Å². The summed E-state index contributed by atoms with van der Waals surface area (Å²) in [4.78, 5) is 12.4. The van der Waals surface area contributed by atoms with E-state index < -0.39 is 18.2 Å². The van der Waals surface area contributed by atoms with Gasteiger partial charge in [-0.25, -0.2) is 0 Å². The van der Waals surface area contributed by atoms with E-state index in [-0.39, 0.29) is 12.5 Å². The largest absolute Gasteiger partial charge is 0.394 e. The molecule has 314 valence electrons. The van der Waals surface area contributed by atoms with Crippen LogP contribution in [-0.4, -0.2) is 46.1 Å².